The molecule has 1 heterocycles. The number of ether oxygens (including phenoxy) is 1. The number of piperidine rings is 1. The highest BCUT2D eigenvalue weighted by atomic mass is 35.5. The van der Waals surface area contributed by atoms with Crippen molar-refractivity contribution >= 4 is 11.6 Å². The van der Waals surface area contributed by atoms with E-state index in [2.05, 4.69) is 23.3 Å². The maximum Gasteiger partial charge on any atom is 0.123 e. The monoisotopic (exact) mass is 308 g/mol. The van der Waals surface area contributed by atoms with E-state index in [0.717, 1.165) is 42.9 Å². The van der Waals surface area contributed by atoms with E-state index in [1.807, 2.05) is 12.1 Å². The van der Waals surface area contributed by atoms with Crippen molar-refractivity contribution in [3.05, 3.63) is 28.8 Å². The van der Waals surface area contributed by atoms with Gasteiger partial charge in [-0.3, -0.25) is 4.90 Å². The van der Waals surface area contributed by atoms with Gasteiger partial charge in [-0.2, -0.15) is 0 Å². The molecule has 0 unspecified atom stereocenters. The molecule has 1 aliphatic heterocycles. The second-order valence-corrected chi connectivity index (χ2v) is 6.78. The Morgan fingerprint density at radius 1 is 1.24 bits per heavy atom. The molecule has 0 bridgehead atoms. The van der Waals surface area contributed by atoms with Gasteiger partial charge in [0.15, 0.2) is 0 Å². The van der Waals surface area contributed by atoms with Crippen LogP contribution in [0.2, 0.25) is 5.02 Å². The number of benzene rings is 1. The quantitative estimate of drug-likeness (QED) is 0.872. The largest absolute Gasteiger partial charge is 0.493 e. The molecular weight excluding hydrogens is 284 g/mol. The summed E-state index contributed by atoms with van der Waals surface area (Å²) < 4.78 is 6.00. The molecule has 0 atom stereocenters. The van der Waals surface area contributed by atoms with Gasteiger partial charge in [0.05, 0.1) is 6.61 Å². The van der Waals surface area contributed by atoms with Gasteiger partial charge >= 0.3 is 0 Å². The van der Waals surface area contributed by atoms with Gasteiger partial charge < -0.3 is 10.1 Å². The van der Waals surface area contributed by atoms with Crippen LogP contribution >= 0.6 is 11.6 Å². The second kappa shape index (κ2) is 6.99. The zero-order chi connectivity index (χ0) is 14.7. The minimum absolute atomic E-state index is 0.672. The molecule has 1 aliphatic carbocycles. The van der Waals surface area contributed by atoms with Gasteiger partial charge in [0.1, 0.15) is 5.75 Å². The molecule has 2 fully saturated rings. The van der Waals surface area contributed by atoms with E-state index in [-0.39, 0.29) is 0 Å². The smallest absolute Gasteiger partial charge is 0.123 e. The van der Waals surface area contributed by atoms with Gasteiger partial charge in [-0.1, -0.05) is 11.6 Å². The maximum absolute atomic E-state index is 6.17. The van der Waals surface area contributed by atoms with Crippen molar-refractivity contribution in [3.63, 3.8) is 0 Å². The number of hydrogen-bond acceptors (Lipinski definition) is 3. The average molecular weight is 309 g/mol. The first kappa shape index (κ1) is 15.1. The first-order valence-electron chi connectivity index (χ1n) is 8.05. The molecule has 3 rings (SSSR count). The van der Waals surface area contributed by atoms with Crippen LogP contribution in [0.25, 0.3) is 0 Å². The van der Waals surface area contributed by atoms with Crippen molar-refractivity contribution in [2.24, 2.45) is 5.92 Å². The van der Waals surface area contributed by atoms with Gasteiger partial charge in [0.2, 0.25) is 0 Å². The Morgan fingerprint density at radius 2 is 2.00 bits per heavy atom. The third-order valence-electron chi connectivity index (χ3n) is 4.58. The fourth-order valence-corrected chi connectivity index (χ4v) is 3.12. The summed E-state index contributed by atoms with van der Waals surface area (Å²) in [6.45, 7) is 4.08. The molecule has 1 aromatic carbocycles. The van der Waals surface area contributed by atoms with E-state index < -0.39 is 0 Å². The molecule has 0 spiro atoms. The topological polar surface area (TPSA) is 24.5 Å². The molecule has 3 nitrogen and oxygen atoms in total. The zero-order valence-electron chi connectivity index (χ0n) is 12.8. The van der Waals surface area contributed by atoms with E-state index in [4.69, 9.17) is 16.3 Å². The summed E-state index contributed by atoms with van der Waals surface area (Å²) in [6, 6.07) is 6.70. The Hall–Kier alpha value is -0.770. The van der Waals surface area contributed by atoms with Crippen LogP contribution in [0, 0.1) is 5.92 Å². The minimum atomic E-state index is 0.672. The summed E-state index contributed by atoms with van der Waals surface area (Å²) in [6.07, 6.45) is 5.07. The van der Waals surface area contributed by atoms with Crippen LogP contribution in [-0.4, -0.2) is 37.7 Å². The van der Waals surface area contributed by atoms with Crippen molar-refractivity contribution in [3.8, 4) is 5.75 Å². The Labute approximate surface area is 132 Å². The molecule has 0 radical (unpaired) electrons. The fourth-order valence-electron chi connectivity index (χ4n) is 2.93. The number of nitrogens with zero attached hydrogens (tertiary/aromatic N) is 1. The fraction of sp³-hybridized carbons (Fsp3) is 0.647. The van der Waals surface area contributed by atoms with Crippen LogP contribution in [-0.2, 0) is 6.54 Å². The first-order chi connectivity index (χ1) is 10.2. The van der Waals surface area contributed by atoms with E-state index >= 15 is 0 Å². The summed E-state index contributed by atoms with van der Waals surface area (Å²) in [7, 11) is 2.06. The normalized spacial score (nSPS) is 20.7. The summed E-state index contributed by atoms with van der Waals surface area (Å²) >= 11 is 6.17. The number of halogens is 1. The molecule has 1 saturated heterocycles. The van der Waals surface area contributed by atoms with Crippen LogP contribution in [0.15, 0.2) is 18.2 Å². The summed E-state index contributed by atoms with van der Waals surface area (Å²) in [5, 5.41) is 4.18. The number of likely N-dealkylation sites (tertiary alicyclic amines) is 1. The zero-order valence-corrected chi connectivity index (χ0v) is 13.5. The molecule has 4 heteroatoms. The van der Waals surface area contributed by atoms with Gasteiger partial charge in [0, 0.05) is 23.2 Å². The van der Waals surface area contributed by atoms with Crippen molar-refractivity contribution in [1.29, 1.82) is 0 Å². The molecular formula is C17H25ClN2O. The number of nitrogens with one attached hydrogen (secondary N) is 1. The summed E-state index contributed by atoms with van der Waals surface area (Å²) in [5.74, 6) is 1.79. The van der Waals surface area contributed by atoms with Crippen molar-refractivity contribution in [1.82, 2.24) is 10.2 Å². The van der Waals surface area contributed by atoms with Crippen LogP contribution in [0.1, 0.15) is 31.2 Å². The predicted molar refractivity (Wildman–Crippen MR) is 87.0 cm³/mol. The van der Waals surface area contributed by atoms with Crippen molar-refractivity contribution < 1.29 is 4.74 Å². The van der Waals surface area contributed by atoms with Gasteiger partial charge in [-0.05, 0) is 69.9 Å². The molecule has 21 heavy (non-hydrogen) atoms. The highest BCUT2D eigenvalue weighted by molar-refractivity contribution is 6.30. The maximum atomic E-state index is 6.17. The molecule has 2 aliphatic rings. The second-order valence-electron chi connectivity index (χ2n) is 6.35. The molecule has 116 valence electrons. The highest BCUT2D eigenvalue weighted by Crippen LogP contribution is 2.31. The molecule has 0 aromatic heterocycles. The van der Waals surface area contributed by atoms with Crippen LogP contribution in [0.5, 0.6) is 5.75 Å². The van der Waals surface area contributed by atoms with Gasteiger partial charge in [0.25, 0.3) is 0 Å². The molecule has 1 aromatic rings. The van der Waals surface area contributed by atoms with E-state index in [9.17, 15) is 0 Å². The number of rotatable bonds is 6. The van der Waals surface area contributed by atoms with E-state index in [0.29, 0.717) is 6.04 Å². The SMILES string of the molecule is CNC1CCN(Cc2cc(Cl)ccc2OCC2CC2)CC1. The molecule has 1 N–H and O–H groups in total. The van der Waals surface area contributed by atoms with Crippen molar-refractivity contribution in [2.45, 2.75) is 38.3 Å². The summed E-state index contributed by atoms with van der Waals surface area (Å²) in [4.78, 5) is 2.50. The lowest BCUT2D eigenvalue weighted by molar-refractivity contribution is 0.191. The van der Waals surface area contributed by atoms with Crippen LogP contribution < -0.4 is 10.1 Å². The number of hydrogen-bond donors (Lipinski definition) is 1. The van der Waals surface area contributed by atoms with Crippen LogP contribution in [0.4, 0.5) is 0 Å². The lowest BCUT2D eigenvalue weighted by atomic mass is 10.0. The lowest BCUT2D eigenvalue weighted by Gasteiger charge is -2.32. The van der Waals surface area contributed by atoms with E-state index in [1.54, 1.807) is 0 Å². The lowest BCUT2D eigenvalue weighted by Crippen LogP contribution is -2.40. The Kier molecular flexibility index (Phi) is 5.04. The summed E-state index contributed by atoms with van der Waals surface area (Å²) in [5.41, 5.74) is 1.23. The predicted octanol–water partition coefficient (Wildman–Crippen LogP) is 3.31. The Morgan fingerprint density at radius 3 is 2.67 bits per heavy atom. The standard InChI is InChI=1S/C17H25ClN2O/c1-19-16-6-8-20(9-7-16)11-14-10-15(18)4-5-17(14)21-12-13-2-3-13/h4-5,10,13,16,19H,2-3,6-9,11-12H2,1H3. The molecule has 0 amide bonds. The third-order valence-corrected chi connectivity index (χ3v) is 4.82. The molecule has 1 saturated carbocycles. The van der Waals surface area contributed by atoms with Gasteiger partial charge in [-0.15, -0.1) is 0 Å². The average Bonchev–Trinajstić information content (AvgIpc) is 3.31. The van der Waals surface area contributed by atoms with Crippen LogP contribution in [0.3, 0.4) is 0 Å². The van der Waals surface area contributed by atoms with E-state index in [1.165, 1.54) is 31.2 Å². The highest BCUT2D eigenvalue weighted by Gasteiger charge is 2.23. The Balaban J connectivity index is 1.61. The Bertz CT molecular complexity index is 468. The first-order valence-corrected chi connectivity index (χ1v) is 8.43. The minimum Gasteiger partial charge on any atom is -0.493 e. The van der Waals surface area contributed by atoms with Gasteiger partial charge in [-0.25, -0.2) is 0 Å². The van der Waals surface area contributed by atoms with Crippen molar-refractivity contribution in [2.75, 3.05) is 26.7 Å². The third kappa shape index (κ3) is 4.35.